The monoisotopic (exact) mass is 350 g/mol. The van der Waals surface area contributed by atoms with E-state index >= 15 is 0 Å². The van der Waals surface area contributed by atoms with Crippen molar-refractivity contribution in [3.63, 3.8) is 0 Å². The zero-order chi connectivity index (χ0) is 13.1. The lowest BCUT2D eigenvalue weighted by Crippen LogP contribution is -2.41. The maximum atomic E-state index is 12.0. The van der Waals surface area contributed by atoms with Crippen molar-refractivity contribution in [2.45, 2.75) is 33.1 Å². The van der Waals surface area contributed by atoms with Gasteiger partial charge < -0.3 is 4.74 Å². The third-order valence-electron chi connectivity index (χ3n) is 3.37. The average molecular weight is 350 g/mol. The van der Waals surface area contributed by atoms with Crippen LogP contribution in [0.3, 0.4) is 0 Å². The number of rotatable bonds is 5. The molecule has 0 aromatic rings. The predicted octanol–water partition coefficient (Wildman–Crippen LogP) is 3.12. The highest BCUT2D eigenvalue weighted by Gasteiger charge is 2.49. The highest BCUT2D eigenvalue weighted by Crippen LogP contribution is 2.45. The molecule has 96 valence electrons. The van der Waals surface area contributed by atoms with E-state index in [2.05, 4.69) is 13.8 Å². The van der Waals surface area contributed by atoms with Crippen molar-refractivity contribution in [1.29, 1.82) is 0 Å². The Hall–Kier alpha value is -0.390. The van der Waals surface area contributed by atoms with E-state index in [4.69, 9.17) is 4.74 Å². The number of allylic oxidation sites excluding steroid dienone is 2. The number of ether oxygens (including phenoxy) is 1. The second-order valence-electron chi connectivity index (χ2n) is 5.01. The number of halogens is 1. The fourth-order valence-corrected chi connectivity index (χ4v) is 3.32. The van der Waals surface area contributed by atoms with E-state index < -0.39 is 5.41 Å². The van der Waals surface area contributed by atoms with Gasteiger partial charge in [-0.3, -0.25) is 9.59 Å². The number of methoxy groups -OCH3 is 1. The van der Waals surface area contributed by atoms with E-state index in [9.17, 15) is 9.59 Å². The maximum Gasteiger partial charge on any atom is 0.313 e. The lowest BCUT2D eigenvalue weighted by Gasteiger charge is -2.33. The molecule has 0 fully saturated rings. The van der Waals surface area contributed by atoms with Crippen LogP contribution in [0.15, 0.2) is 12.2 Å². The molecule has 0 radical (unpaired) electrons. The average Bonchev–Trinajstić information content (AvgIpc) is 2.74. The summed E-state index contributed by atoms with van der Waals surface area (Å²) in [5.41, 5.74) is -0.655. The fraction of sp³-hybridized carbons (Fsp3) is 0.692. The summed E-state index contributed by atoms with van der Waals surface area (Å²) in [5, 5.41) is 0. The van der Waals surface area contributed by atoms with Crippen molar-refractivity contribution < 1.29 is 14.3 Å². The molecule has 1 aliphatic rings. The lowest BCUT2D eigenvalue weighted by atomic mass is 9.71. The molecule has 1 atom stereocenters. The molecule has 0 heterocycles. The van der Waals surface area contributed by atoms with Gasteiger partial charge in [0.25, 0.3) is 0 Å². The van der Waals surface area contributed by atoms with Crippen LogP contribution in [-0.4, -0.2) is 16.9 Å². The highest BCUT2D eigenvalue weighted by molar-refractivity contribution is 14.1. The quantitative estimate of drug-likeness (QED) is 0.331. The van der Waals surface area contributed by atoms with E-state index in [-0.39, 0.29) is 15.7 Å². The van der Waals surface area contributed by atoms with Crippen molar-refractivity contribution in [2.75, 3.05) is 7.11 Å². The van der Waals surface area contributed by atoms with Gasteiger partial charge >= 0.3 is 5.97 Å². The molecule has 0 amide bonds. The molecule has 0 spiro atoms. The van der Waals surface area contributed by atoms with Crippen LogP contribution in [0.5, 0.6) is 0 Å². The highest BCUT2D eigenvalue weighted by atomic mass is 127. The molecule has 0 saturated carbocycles. The molecule has 0 N–H and O–H groups in total. The maximum absolute atomic E-state index is 12.0. The molecule has 0 aliphatic heterocycles. The zero-order valence-corrected chi connectivity index (χ0v) is 12.7. The Kier molecular flexibility index (Phi) is 5.16. The summed E-state index contributed by atoms with van der Waals surface area (Å²) < 4.78 is 4.98. The molecular weight excluding hydrogens is 331 g/mol. The minimum atomic E-state index is -0.655. The Labute approximate surface area is 116 Å². The SMILES string of the molecule is COC(=O)C1([C@H](CC(C)C)C(=O)I)CC=CC1. The van der Waals surface area contributed by atoms with Crippen molar-refractivity contribution in [3.05, 3.63) is 12.2 Å². The van der Waals surface area contributed by atoms with Crippen molar-refractivity contribution in [1.82, 2.24) is 0 Å². The largest absolute Gasteiger partial charge is 0.469 e. The smallest absolute Gasteiger partial charge is 0.313 e. The molecule has 1 aliphatic carbocycles. The van der Waals surface area contributed by atoms with Gasteiger partial charge in [0.15, 0.2) is 3.79 Å². The van der Waals surface area contributed by atoms with E-state index in [0.29, 0.717) is 18.8 Å². The van der Waals surface area contributed by atoms with Crippen LogP contribution in [0, 0.1) is 17.3 Å². The van der Waals surface area contributed by atoms with Gasteiger partial charge in [-0.05, 0) is 47.8 Å². The Morgan fingerprint density at radius 1 is 1.35 bits per heavy atom. The minimum Gasteiger partial charge on any atom is -0.469 e. The van der Waals surface area contributed by atoms with Gasteiger partial charge in [0.2, 0.25) is 0 Å². The minimum absolute atomic E-state index is 0.0606. The van der Waals surface area contributed by atoms with Gasteiger partial charge in [-0.25, -0.2) is 0 Å². The normalized spacial score (nSPS) is 19.4. The zero-order valence-electron chi connectivity index (χ0n) is 10.5. The Morgan fingerprint density at radius 3 is 2.24 bits per heavy atom. The summed E-state index contributed by atoms with van der Waals surface area (Å²) in [4.78, 5) is 23.9. The molecule has 0 aromatic heterocycles. The summed E-state index contributed by atoms with van der Waals surface area (Å²) in [7, 11) is 1.40. The van der Waals surface area contributed by atoms with E-state index in [1.54, 1.807) is 0 Å². The van der Waals surface area contributed by atoms with E-state index in [0.717, 1.165) is 6.42 Å². The first kappa shape index (κ1) is 14.7. The molecule has 1 rings (SSSR count). The molecule has 3 nitrogen and oxygen atoms in total. The molecule has 0 saturated heterocycles. The summed E-state index contributed by atoms with van der Waals surface area (Å²) in [6, 6.07) is 0. The Bertz CT molecular complexity index is 326. The van der Waals surface area contributed by atoms with Crippen LogP contribution in [-0.2, 0) is 14.3 Å². The summed E-state index contributed by atoms with van der Waals surface area (Å²) in [5.74, 6) is -0.107. The first-order valence-electron chi connectivity index (χ1n) is 5.87. The molecule has 0 unspecified atom stereocenters. The standard InChI is InChI=1S/C13H19IO3/c1-9(2)8-10(11(14)15)13(12(16)17-3)6-4-5-7-13/h4-5,9-10H,6-8H2,1-3H3/t10-/m1/s1. The molecule has 17 heavy (non-hydrogen) atoms. The van der Waals surface area contributed by atoms with Gasteiger partial charge in [-0.15, -0.1) is 0 Å². The first-order chi connectivity index (χ1) is 7.94. The second-order valence-corrected chi connectivity index (χ2v) is 6.08. The topological polar surface area (TPSA) is 43.4 Å². The fourth-order valence-electron chi connectivity index (χ4n) is 2.47. The van der Waals surface area contributed by atoms with Crippen LogP contribution < -0.4 is 0 Å². The predicted molar refractivity (Wildman–Crippen MR) is 74.8 cm³/mol. The molecule has 0 aromatic carbocycles. The number of carbonyl (C=O) groups excluding carboxylic acids is 2. The van der Waals surface area contributed by atoms with Gasteiger partial charge in [0.05, 0.1) is 12.5 Å². The lowest BCUT2D eigenvalue weighted by molar-refractivity contribution is -0.157. The van der Waals surface area contributed by atoms with Crippen LogP contribution in [0.25, 0.3) is 0 Å². The van der Waals surface area contributed by atoms with Crippen LogP contribution in [0.2, 0.25) is 0 Å². The Morgan fingerprint density at radius 2 is 1.88 bits per heavy atom. The molecular formula is C13H19IO3. The number of hydrogen-bond acceptors (Lipinski definition) is 3. The van der Waals surface area contributed by atoms with Crippen LogP contribution >= 0.6 is 22.6 Å². The van der Waals surface area contributed by atoms with Crippen molar-refractivity contribution >= 4 is 32.4 Å². The van der Waals surface area contributed by atoms with Crippen molar-refractivity contribution in [2.24, 2.45) is 17.3 Å². The first-order valence-corrected chi connectivity index (χ1v) is 6.94. The number of hydrogen-bond donors (Lipinski definition) is 0. The molecule has 0 bridgehead atoms. The van der Waals surface area contributed by atoms with Crippen LogP contribution in [0.1, 0.15) is 33.1 Å². The van der Waals surface area contributed by atoms with Crippen molar-refractivity contribution in [3.8, 4) is 0 Å². The van der Waals surface area contributed by atoms with E-state index in [1.165, 1.54) is 7.11 Å². The van der Waals surface area contributed by atoms with Gasteiger partial charge in [0, 0.05) is 5.92 Å². The Balaban J connectivity index is 3.01. The van der Waals surface area contributed by atoms with Gasteiger partial charge in [-0.2, -0.15) is 0 Å². The third-order valence-corrected chi connectivity index (χ3v) is 4.12. The molecule has 4 heteroatoms. The second kappa shape index (κ2) is 5.98. The summed E-state index contributed by atoms with van der Waals surface area (Å²) in [6.07, 6.45) is 5.92. The number of esters is 1. The van der Waals surface area contributed by atoms with Crippen LogP contribution in [0.4, 0.5) is 0 Å². The van der Waals surface area contributed by atoms with E-state index in [1.807, 2.05) is 34.7 Å². The summed E-state index contributed by atoms with van der Waals surface area (Å²) >= 11 is 1.81. The number of carbonyl (C=O) groups is 2. The van der Waals surface area contributed by atoms with Gasteiger partial charge in [0.1, 0.15) is 0 Å². The summed E-state index contributed by atoms with van der Waals surface area (Å²) in [6.45, 7) is 4.14. The van der Waals surface area contributed by atoms with Gasteiger partial charge in [-0.1, -0.05) is 26.0 Å². The third kappa shape index (κ3) is 3.09.